The standard InChI is InChI=1S/C21H17AsO4/c23-20(24)19(21(25)26)22(16-10-4-1-5-11-16,17-12-6-2-7-13-17)18-14-8-3-9-15-18/h1-15,19H,(H-,23,24,25,26)/p+1. The molecule has 130 valence electrons. The Labute approximate surface area is 154 Å². The zero-order valence-corrected chi connectivity index (χ0v) is 15.8. The van der Waals surface area contributed by atoms with Crippen LogP contribution in [0.1, 0.15) is 0 Å². The molecule has 0 fully saturated rings. The number of benzene rings is 3. The second kappa shape index (κ2) is 7.59. The minimum absolute atomic E-state index is 0.790. The van der Waals surface area contributed by atoms with E-state index in [4.69, 9.17) is 0 Å². The monoisotopic (exact) mass is 409 g/mol. The van der Waals surface area contributed by atoms with E-state index in [1.165, 1.54) is 0 Å². The first-order valence-electron chi connectivity index (χ1n) is 8.09. The Morgan fingerprint density at radius 1 is 0.577 bits per heavy atom. The van der Waals surface area contributed by atoms with E-state index in [1.807, 2.05) is 91.0 Å². The van der Waals surface area contributed by atoms with E-state index in [2.05, 4.69) is 0 Å². The van der Waals surface area contributed by atoms with Crippen LogP contribution in [-0.4, -0.2) is 35.7 Å². The summed E-state index contributed by atoms with van der Waals surface area (Å²) in [6.07, 6.45) is 0. The average molecular weight is 409 g/mol. The molecule has 0 saturated heterocycles. The zero-order chi connectivity index (χ0) is 18.6. The van der Waals surface area contributed by atoms with Gasteiger partial charge < -0.3 is 0 Å². The van der Waals surface area contributed by atoms with E-state index in [9.17, 15) is 19.8 Å². The van der Waals surface area contributed by atoms with Crippen LogP contribution in [0.2, 0.25) is 4.71 Å². The van der Waals surface area contributed by atoms with Crippen molar-refractivity contribution in [2.45, 2.75) is 4.71 Å². The molecule has 3 aromatic carbocycles. The summed E-state index contributed by atoms with van der Waals surface area (Å²) in [6.45, 7) is 0. The predicted molar refractivity (Wildman–Crippen MR) is 103 cm³/mol. The molecule has 26 heavy (non-hydrogen) atoms. The Morgan fingerprint density at radius 3 is 1.08 bits per heavy atom. The molecule has 0 bridgehead atoms. The number of carbonyl (C=O) groups is 2. The summed E-state index contributed by atoms with van der Waals surface area (Å²) < 4.78 is 0.855. The molecule has 5 heteroatoms. The van der Waals surface area contributed by atoms with Crippen LogP contribution in [0.15, 0.2) is 91.0 Å². The van der Waals surface area contributed by atoms with E-state index >= 15 is 0 Å². The van der Waals surface area contributed by atoms with Crippen LogP contribution >= 0.6 is 0 Å². The van der Waals surface area contributed by atoms with Crippen LogP contribution in [0.3, 0.4) is 0 Å². The third-order valence-corrected chi connectivity index (χ3v) is 13.9. The Hall–Kier alpha value is -2.84. The van der Waals surface area contributed by atoms with E-state index in [-0.39, 0.29) is 0 Å². The van der Waals surface area contributed by atoms with E-state index in [0.29, 0.717) is 0 Å². The van der Waals surface area contributed by atoms with Crippen molar-refractivity contribution in [3.8, 4) is 0 Å². The van der Waals surface area contributed by atoms with Crippen LogP contribution in [0.4, 0.5) is 0 Å². The summed E-state index contributed by atoms with van der Waals surface area (Å²) in [5.41, 5.74) is 0. The van der Waals surface area contributed by atoms with Crippen molar-refractivity contribution in [1.29, 1.82) is 0 Å². The summed E-state index contributed by atoms with van der Waals surface area (Å²) in [7, 11) is 0. The Bertz CT molecular complexity index is 784. The summed E-state index contributed by atoms with van der Waals surface area (Å²) >= 11 is -3.86. The van der Waals surface area contributed by atoms with Gasteiger partial charge in [0.15, 0.2) is 0 Å². The van der Waals surface area contributed by atoms with E-state index in [1.54, 1.807) is 0 Å². The van der Waals surface area contributed by atoms with E-state index < -0.39 is 30.2 Å². The molecule has 0 aliphatic heterocycles. The summed E-state index contributed by atoms with van der Waals surface area (Å²) in [5.74, 6) is -2.61. The van der Waals surface area contributed by atoms with Crippen molar-refractivity contribution in [3.05, 3.63) is 91.0 Å². The van der Waals surface area contributed by atoms with Gasteiger partial charge in [-0.2, -0.15) is 0 Å². The summed E-state index contributed by atoms with van der Waals surface area (Å²) in [5, 5.41) is 19.9. The van der Waals surface area contributed by atoms with Crippen molar-refractivity contribution < 1.29 is 19.8 Å². The van der Waals surface area contributed by atoms with Crippen LogP contribution in [0.25, 0.3) is 0 Å². The van der Waals surface area contributed by atoms with Gasteiger partial charge in [0, 0.05) is 0 Å². The van der Waals surface area contributed by atoms with Gasteiger partial charge in [-0.1, -0.05) is 0 Å². The maximum absolute atomic E-state index is 12.2. The van der Waals surface area contributed by atoms with Gasteiger partial charge in [-0.25, -0.2) is 0 Å². The van der Waals surface area contributed by atoms with Crippen molar-refractivity contribution in [2.24, 2.45) is 0 Å². The molecule has 0 heterocycles. The predicted octanol–water partition coefficient (Wildman–Crippen LogP) is 1.70. The Kier molecular flexibility index (Phi) is 5.24. The summed E-state index contributed by atoms with van der Waals surface area (Å²) in [4.78, 5) is 24.3. The van der Waals surface area contributed by atoms with Gasteiger partial charge in [-0.15, -0.1) is 0 Å². The second-order valence-electron chi connectivity index (χ2n) is 5.81. The number of hydrogen-bond acceptors (Lipinski definition) is 2. The van der Waals surface area contributed by atoms with Crippen molar-refractivity contribution in [2.75, 3.05) is 0 Å². The van der Waals surface area contributed by atoms with Gasteiger partial charge in [0.05, 0.1) is 0 Å². The topological polar surface area (TPSA) is 74.6 Å². The fourth-order valence-electron chi connectivity index (χ4n) is 3.32. The first kappa shape index (κ1) is 18.0. The molecule has 0 aromatic heterocycles. The third-order valence-electron chi connectivity index (χ3n) is 4.35. The fourth-order valence-corrected chi connectivity index (χ4v) is 12.5. The second-order valence-corrected chi connectivity index (χ2v) is 13.2. The molecular weight excluding hydrogens is 391 g/mol. The van der Waals surface area contributed by atoms with Gasteiger partial charge in [0.25, 0.3) is 0 Å². The molecule has 0 spiro atoms. The van der Waals surface area contributed by atoms with Crippen LogP contribution < -0.4 is 13.1 Å². The number of hydrogen-bond donors (Lipinski definition) is 2. The summed E-state index contributed by atoms with van der Waals surface area (Å²) in [6, 6.07) is 27.6. The van der Waals surface area contributed by atoms with E-state index in [0.717, 1.165) is 13.1 Å². The van der Waals surface area contributed by atoms with Gasteiger partial charge in [0.1, 0.15) is 0 Å². The van der Waals surface area contributed by atoms with Gasteiger partial charge in [-0.3, -0.25) is 0 Å². The van der Waals surface area contributed by atoms with Crippen LogP contribution in [0.5, 0.6) is 0 Å². The molecule has 0 radical (unpaired) electrons. The minimum atomic E-state index is -3.86. The van der Waals surface area contributed by atoms with Gasteiger partial charge >= 0.3 is 154 Å². The van der Waals surface area contributed by atoms with Crippen LogP contribution in [0, 0.1) is 0 Å². The number of rotatable bonds is 6. The molecule has 0 unspecified atom stereocenters. The molecule has 0 saturated carbocycles. The molecular formula is C21H18AsO4+. The number of aliphatic carboxylic acids is 2. The molecule has 2 N–H and O–H groups in total. The number of carboxylic acid groups (broad SMARTS) is 2. The maximum atomic E-state index is 12.2. The molecule has 0 amide bonds. The molecule has 4 nitrogen and oxygen atoms in total. The molecule has 3 rings (SSSR count). The first-order chi connectivity index (χ1) is 12.6. The van der Waals surface area contributed by atoms with Gasteiger partial charge in [0.2, 0.25) is 0 Å². The van der Waals surface area contributed by atoms with Gasteiger partial charge in [-0.05, 0) is 0 Å². The van der Waals surface area contributed by atoms with Crippen molar-refractivity contribution in [1.82, 2.24) is 0 Å². The molecule has 0 aliphatic rings. The molecule has 0 aliphatic carbocycles. The normalized spacial score (nSPS) is 11.3. The first-order valence-corrected chi connectivity index (χ1v) is 12.0. The average Bonchev–Trinajstić information content (AvgIpc) is 2.67. The molecule has 3 aromatic rings. The fraction of sp³-hybridized carbons (Fsp3) is 0.0476. The van der Waals surface area contributed by atoms with Crippen molar-refractivity contribution in [3.63, 3.8) is 0 Å². The quantitative estimate of drug-likeness (QED) is 0.480. The zero-order valence-electron chi connectivity index (χ0n) is 13.9. The third kappa shape index (κ3) is 3.04. The molecule has 0 atom stereocenters. The number of carboxylic acids is 2. The van der Waals surface area contributed by atoms with Crippen molar-refractivity contribution >= 4 is 38.5 Å². The van der Waals surface area contributed by atoms with Crippen LogP contribution in [-0.2, 0) is 9.59 Å². The SMILES string of the molecule is O=C(O)C(C(=O)O)[As+](c1ccccc1)(c1ccccc1)c1ccccc1. The Balaban J connectivity index is 2.47. The Morgan fingerprint density at radius 2 is 0.846 bits per heavy atom.